The van der Waals surface area contributed by atoms with E-state index >= 15 is 0 Å². The van der Waals surface area contributed by atoms with E-state index in [2.05, 4.69) is 13.2 Å². The molecule has 0 N–H and O–H groups in total. The zero-order chi connectivity index (χ0) is 19.4. The van der Waals surface area contributed by atoms with Crippen LogP contribution < -0.4 is 5.43 Å². The summed E-state index contributed by atoms with van der Waals surface area (Å²) in [5, 5.41) is 0.909. The number of esters is 2. The third-order valence-corrected chi connectivity index (χ3v) is 5.04. The molecule has 0 spiro atoms. The molecule has 136 valence electrons. The minimum atomic E-state index is -0.711. The molecule has 0 fully saturated rings. The van der Waals surface area contributed by atoms with Gasteiger partial charge in [0.15, 0.2) is 5.43 Å². The predicted molar refractivity (Wildman–Crippen MR) is 107 cm³/mol. The van der Waals surface area contributed by atoms with Crippen LogP contribution in [0.2, 0.25) is 0 Å². The van der Waals surface area contributed by atoms with Crippen molar-refractivity contribution in [3.05, 3.63) is 83.1 Å². The number of hydrogen-bond acceptors (Lipinski definition) is 6. The first-order valence-corrected chi connectivity index (χ1v) is 8.94. The highest BCUT2D eigenvalue weighted by atomic mass is 32.1. The fourth-order valence-corrected chi connectivity index (χ4v) is 3.86. The highest BCUT2D eigenvalue weighted by Gasteiger charge is 2.24. The summed E-state index contributed by atoms with van der Waals surface area (Å²) in [6, 6.07) is 10.1. The molecule has 6 heteroatoms. The van der Waals surface area contributed by atoms with Gasteiger partial charge in [-0.3, -0.25) is 4.79 Å². The van der Waals surface area contributed by atoms with Gasteiger partial charge in [-0.2, -0.15) is 0 Å². The van der Waals surface area contributed by atoms with Gasteiger partial charge in [-0.1, -0.05) is 37.4 Å². The lowest BCUT2D eigenvalue weighted by Crippen LogP contribution is -2.16. The number of benzene rings is 2. The van der Waals surface area contributed by atoms with Gasteiger partial charge >= 0.3 is 11.9 Å². The first kappa shape index (κ1) is 18.5. The fourth-order valence-electron chi connectivity index (χ4n) is 2.66. The lowest BCUT2D eigenvalue weighted by Gasteiger charge is -2.11. The molecule has 27 heavy (non-hydrogen) atoms. The average Bonchev–Trinajstić information content (AvgIpc) is 2.69. The second-order valence-electron chi connectivity index (χ2n) is 5.57. The zero-order valence-electron chi connectivity index (χ0n) is 14.4. The molecule has 0 aliphatic heterocycles. The Morgan fingerprint density at radius 3 is 2.30 bits per heavy atom. The van der Waals surface area contributed by atoms with E-state index < -0.39 is 11.9 Å². The van der Waals surface area contributed by atoms with Crippen LogP contribution in [-0.4, -0.2) is 25.2 Å². The third kappa shape index (κ3) is 3.52. The van der Waals surface area contributed by atoms with Crippen molar-refractivity contribution in [1.82, 2.24) is 0 Å². The van der Waals surface area contributed by atoms with E-state index in [0.29, 0.717) is 20.2 Å². The van der Waals surface area contributed by atoms with Gasteiger partial charge in [0.1, 0.15) is 13.2 Å². The van der Waals surface area contributed by atoms with E-state index in [9.17, 15) is 14.4 Å². The average molecular weight is 380 g/mol. The van der Waals surface area contributed by atoms with Crippen molar-refractivity contribution in [2.45, 2.75) is 0 Å². The van der Waals surface area contributed by atoms with Gasteiger partial charge in [0.05, 0.1) is 15.8 Å². The molecule has 1 heterocycles. The number of rotatable bonds is 6. The Bertz CT molecular complexity index is 1130. The van der Waals surface area contributed by atoms with Gasteiger partial charge in [0, 0.05) is 15.5 Å². The van der Waals surface area contributed by atoms with Crippen molar-refractivity contribution in [1.29, 1.82) is 0 Å². The number of hydrogen-bond donors (Lipinski definition) is 0. The normalized spacial score (nSPS) is 10.5. The maximum absolute atomic E-state index is 12.8. The Hall–Kier alpha value is -3.25. The van der Waals surface area contributed by atoms with Crippen molar-refractivity contribution in [2.75, 3.05) is 13.2 Å². The minimum absolute atomic E-state index is 0.00592. The summed E-state index contributed by atoms with van der Waals surface area (Å²) in [6.07, 6.45) is 2.86. The van der Waals surface area contributed by atoms with Gasteiger partial charge in [-0.15, -0.1) is 11.3 Å². The number of carbonyl (C=O) groups is 2. The van der Waals surface area contributed by atoms with E-state index in [4.69, 9.17) is 9.47 Å². The van der Waals surface area contributed by atoms with Crippen LogP contribution in [0.1, 0.15) is 20.7 Å². The molecule has 0 aliphatic carbocycles. The molecule has 0 unspecified atom stereocenters. The Morgan fingerprint density at radius 1 is 0.926 bits per heavy atom. The van der Waals surface area contributed by atoms with Crippen molar-refractivity contribution < 1.29 is 19.1 Å². The predicted octanol–water partition coefficient (Wildman–Crippen LogP) is 4.10. The molecule has 1 aromatic heterocycles. The molecule has 0 radical (unpaired) electrons. The SMILES string of the molecule is C=CCOC(=O)c1ccc2c(=O)c3ccccc3sc2c1C(=O)OCC=C. The summed E-state index contributed by atoms with van der Waals surface area (Å²) in [7, 11) is 0. The fraction of sp³-hybridized carbons (Fsp3) is 0.0952. The number of fused-ring (bicyclic) bond motifs is 2. The van der Waals surface area contributed by atoms with Crippen LogP contribution in [-0.2, 0) is 9.47 Å². The maximum atomic E-state index is 12.8. The lowest BCUT2D eigenvalue weighted by molar-refractivity contribution is 0.0505. The van der Waals surface area contributed by atoms with Crippen LogP contribution in [0.15, 0.2) is 66.5 Å². The van der Waals surface area contributed by atoms with Crippen LogP contribution in [0.3, 0.4) is 0 Å². The van der Waals surface area contributed by atoms with Crippen LogP contribution in [0.5, 0.6) is 0 Å². The molecule has 0 saturated carbocycles. The summed E-state index contributed by atoms with van der Waals surface area (Å²) in [6.45, 7) is 7.01. The molecule has 0 aliphatic rings. The molecule has 0 saturated heterocycles. The van der Waals surface area contributed by atoms with Crippen LogP contribution >= 0.6 is 11.3 Å². The van der Waals surface area contributed by atoms with Crippen molar-refractivity contribution in [3.8, 4) is 0 Å². The molecule has 2 aromatic carbocycles. The quantitative estimate of drug-likeness (QED) is 0.366. The summed E-state index contributed by atoms with van der Waals surface area (Å²) in [5.41, 5.74) is -0.135. The Kier molecular flexibility index (Phi) is 5.47. The van der Waals surface area contributed by atoms with E-state index in [1.54, 1.807) is 18.2 Å². The lowest BCUT2D eigenvalue weighted by atomic mass is 10.0. The molecule has 0 atom stereocenters. The van der Waals surface area contributed by atoms with Crippen molar-refractivity contribution in [2.24, 2.45) is 0 Å². The van der Waals surface area contributed by atoms with E-state index in [1.807, 2.05) is 6.07 Å². The van der Waals surface area contributed by atoms with Crippen molar-refractivity contribution >= 4 is 43.4 Å². The standard InChI is InChI=1S/C21H16O5S/c1-3-11-25-20(23)14-9-10-15-18(22)13-7-5-6-8-16(13)27-19(15)17(14)21(24)26-12-4-2/h3-10H,1-2,11-12H2. The van der Waals surface area contributed by atoms with Gasteiger partial charge in [0.2, 0.25) is 0 Å². The molecule has 3 rings (SSSR count). The molecular formula is C21H16O5S. The second-order valence-corrected chi connectivity index (χ2v) is 6.62. The van der Waals surface area contributed by atoms with E-state index in [-0.39, 0.29) is 29.8 Å². The van der Waals surface area contributed by atoms with Crippen LogP contribution in [0.4, 0.5) is 0 Å². The Balaban J connectivity index is 2.32. The van der Waals surface area contributed by atoms with Gasteiger partial charge < -0.3 is 9.47 Å². The van der Waals surface area contributed by atoms with Gasteiger partial charge in [-0.25, -0.2) is 9.59 Å². The molecule has 5 nitrogen and oxygen atoms in total. The molecule has 0 amide bonds. The molecule has 0 bridgehead atoms. The van der Waals surface area contributed by atoms with Gasteiger partial charge in [0.25, 0.3) is 0 Å². The largest absolute Gasteiger partial charge is 0.458 e. The topological polar surface area (TPSA) is 69.7 Å². The maximum Gasteiger partial charge on any atom is 0.340 e. The summed E-state index contributed by atoms with van der Waals surface area (Å²) in [4.78, 5) is 37.9. The summed E-state index contributed by atoms with van der Waals surface area (Å²) in [5.74, 6) is -1.40. The third-order valence-electron chi connectivity index (χ3n) is 3.83. The minimum Gasteiger partial charge on any atom is -0.458 e. The van der Waals surface area contributed by atoms with Crippen molar-refractivity contribution in [3.63, 3.8) is 0 Å². The second kappa shape index (κ2) is 7.97. The monoisotopic (exact) mass is 380 g/mol. The zero-order valence-corrected chi connectivity index (χ0v) is 15.2. The van der Waals surface area contributed by atoms with E-state index in [0.717, 1.165) is 0 Å². The Morgan fingerprint density at radius 2 is 1.59 bits per heavy atom. The number of carbonyl (C=O) groups excluding carboxylic acids is 2. The smallest absolute Gasteiger partial charge is 0.340 e. The highest BCUT2D eigenvalue weighted by molar-refractivity contribution is 7.25. The van der Waals surface area contributed by atoms with Gasteiger partial charge in [-0.05, 0) is 24.3 Å². The Labute approximate surface area is 159 Å². The first-order chi connectivity index (χ1) is 13.1. The first-order valence-electron chi connectivity index (χ1n) is 8.13. The number of ether oxygens (including phenoxy) is 2. The highest BCUT2D eigenvalue weighted by Crippen LogP contribution is 2.30. The molecule has 3 aromatic rings. The summed E-state index contributed by atoms with van der Waals surface area (Å²) < 4.78 is 11.3. The van der Waals surface area contributed by atoms with Crippen LogP contribution in [0.25, 0.3) is 20.2 Å². The molecular weight excluding hydrogens is 364 g/mol. The summed E-state index contributed by atoms with van der Waals surface area (Å²) >= 11 is 1.25. The van der Waals surface area contributed by atoms with Crippen LogP contribution in [0, 0.1) is 0 Å². The van der Waals surface area contributed by atoms with E-state index in [1.165, 1.54) is 35.6 Å².